The minimum Gasteiger partial charge on any atom is -0.343 e. The first-order chi connectivity index (χ1) is 7.64. The molecular weight excluding hydrogens is 268 g/mol. The summed E-state index contributed by atoms with van der Waals surface area (Å²) in [5.74, 6) is -0.653. The molecule has 0 N–H and O–H groups in total. The third-order valence-electron chi connectivity index (χ3n) is 3.03. The Kier molecular flexibility index (Phi) is 2.64. The third-order valence-corrected chi connectivity index (χ3v) is 5.98. The third kappa shape index (κ3) is 1.42. The van der Waals surface area contributed by atoms with Crippen molar-refractivity contribution >= 4 is 33.7 Å². The van der Waals surface area contributed by atoms with Gasteiger partial charge in [0.25, 0.3) is 0 Å². The zero-order chi connectivity index (χ0) is 11.3. The van der Waals surface area contributed by atoms with Crippen molar-refractivity contribution in [2.45, 2.75) is 22.8 Å². The van der Waals surface area contributed by atoms with Crippen LogP contribution >= 0.6 is 22.9 Å². The Balaban J connectivity index is 2.19. The Morgan fingerprint density at radius 2 is 2.12 bits per heavy atom. The highest BCUT2D eigenvalue weighted by atomic mass is 35.5. The maximum Gasteiger partial charge on any atom is 0.197 e. The monoisotopic (exact) mass is 278 g/mol. The average molecular weight is 279 g/mol. The van der Waals surface area contributed by atoms with Gasteiger partial charge in [0, 0.05) is 18.2 Å². The first kappa shape index (κ1) is 11.2. The van der Waals surface area contributed by atoms with Gasteiger partial charge in [0.05, 0.1) is 28.3 Å². The van der Waals surface area contributed by atoms with E-state index in [4.69, 9.17) is 21.1 Å². The zero-order valence-electron chi connectivity index (χ0n) is 8.75. The van der Waals surface area contributed by atoms with Crippen molar-refractivity contribution in [3.63, 3.8) is 0 Å². The van der Waals surface area contributed by atoms with E-state index in [-0.39, 0.29) is 0 Å². The van der Waals surface area contributed by atoms with Crippen molar-refractivity contribution in [1.82, 2.24) is 0 Å². The van der Waals surface area contributed by atoms with Crippen LogP contribution in [-0.4, -0.2) is 23.7 Å². The molecule has 1 spiro atoms. The van der Waals surface area contributed by atoms with Gasteiger partial charge >= 0.3 is 0 Å². The summed E-state index contributed by atoms with van der Waals surface area (Å²) in [6.07, 6.45) is 3.31. The Hall–Kier alpha value is 0.0600. The molecular formula is C10H11ClO3S2. The molecule has 6 heteroatoms. The van der Waals surface area contributed by atoms with E-state index >= 15 is 0 Å². The molecule has 88 valence electrons. The lowest BCUT2D eigenvalue weighted by Gasteiger charge is -2.22. The number of fused-ring (bicyclic) bond motifs is 2. The summed E-state index contributed by atoms with van der Waals surface area (Å²) in [6.45, 7) is 1.20. The van der Waals surface area contributed by atoms with Crippen LogP contribution in [0, 0.1) is 0 Å². The van der Waals surface area contributed by atoms with E-state index in [1.54, 1.807) is 6.26 Å². The van der Waals surface area contributed by atoms with Crippen LogP contribution in [0.5, 0.6) is 0 Å². The van der Waals surface area contributed by atoms with Gasteiger partial charge in [-0.2, -0.15) is 0 Å². The molecule has 1 aromatic rings. The van der Waals surface area contributed by atoms with Crippen LogP contribution in [0.2, 0.25) is 4.34 Å². The summed E-state index contributed by atoms with van der Waals surface area (Å²) in [5, 5.41) is 0. The minimum absolute atomic E-state index is 0.600. The first-order valence-electron chi connectivity index (χ1n) is 5.07. The molecule has 3 nitrogen and oxygen atoms in total. The van der Waals surface area contributed by atoms with E-state index in [1.165, 1.54) is 11.3 Å². The van der Waals surface area contributed by atoms with E-state index in [0.717, 1.165) is 32.5 Å². The molecule has 1 aliphatic heterocycles. The predicted octanol–water partition coefficient (Wildman–Crippen LogP) is 2.28. The van der Waals surface area contributed by atoms with Crippen molar-refractivity contribution in [2.75, 3.05) is 19.5 Å². The molecule has 1 atom stereocenters. The van der Waals surface area contributed by atoms with E-state index in [0.29, 0.717) is 13.2 Å². The van der Waals surface area contributed by atoms with Crippen molar-refractivity contribution in [3.05, 3.63) is 15.5 Å². The zero-order valence-corrected chi connectivity index (χ0v) is 11.1. The van der Waals surface area contributed by atoms with E-state index in [2.05, 4.69) is 0 Å². The fraction of sp³-hybridized carbons (Fsp3) is 0.600. The Labute approximate surface area is 105 Å². The van der Waals surface area contributed by atoms with Gasteiger partial charge in [0.1, 0.15) is 4.21 Å². The highest BCUT2D eigenvalue weighted by Crippen LogP contribution is 2.51. The molecule has 0 saturated carbocycles. The fourth-order valence-electron chi connectivity index (χ4n) is 2.38. The van der Waals surface area contributed by atoms with Crippen LogP contribution in [0.15, 0.2) is 4.21 Å². The Bertz CT molecular complexity index is 463. The highest BCUT2D eigenvalue weighted by molar-refractivity contribution is 7.86. The topological polar surface area (TPSA) is 35.5 Å². The number of rotatable bonds is 1. The van der Waals surface area contributed by atoms with E-state index in [9.17, 15) is 4.21 Å². The molecule has 0 radical (unpaired) electrons. The highest BCUT2D eigenvalue weighted by Gasteiger charge is 2.48. The molecule has 1 aliphatic carbocycles. The molecule has 1 fully saturated rings. The van der Waals surface area contributed by atoms with Gasteiger partial charge in [-0.3, -0.25) is 4.21 Å². The second kappa shape index (κ2) is 3.78. The van der Waals surface area contributed by atoms with Gasteiger partial charge in [-0.25, -0.2) is 0 Å². The molecule has 0 amide bonds. The lowest BCUT2D eigenvalue weighted by atomic mass is 10.2. The number of hydrogen-bond donors (Lipinski definition) is 0. The van der Waals surface area contributed by atoms with E-state index < -0.39 is 16.6 Å². The molecule has 0 aromatic carbocycles. The Morgan fingerprint density at radius 1 is 1.44 bits per heavy atom. The SMILES string of the molecule is CS(=O)c1sc(Cl)c2c1C1(CC2)OCCO1. The molecule has 0 bridgehead atoms. The maximum atomic E-state index is 11.7. The summed E-state index contributed by atoms with van der Waals surface area (Å²) in [6, 6.07) is 0. The lowest BCUT2D eigenvalue weighted by molar-refractivity contribution is -0.164. The number of halogens is 1. The van der Waals surface area contributed by atoms with Crippen LogP contribution in [0.3, 0.4) is 0 Å². The predicted molar refractivity (Wildman–Crippen MR) is 63.6 cm³/mol. The van der Waals surface area contributed by atoms with Crippen molar-refractivity contribution in [2.24, 2.45) is 0 Å². The van der Waals surface area contributed by atoms with Crippen LogP contribution in [-0.2, 0) is 32.5 Å². The number of thiophene rings is 1. The molecule has 1 saturated heterocycles. The number of hydrogen-bond acceptors (Lipinski definition) is 4. The molecule has 16 heavy (non-hydrogen) atoms. The van der Waals surface area contributed by atoms with Crippen LogP contribution in [0.25, 0.3) is 0 Å². The fourth-order valence-corrected chi connectivity index (χ4v) is 5.10. The minimum atomic E-state index is -1.04. The smallest absolute Gasteiger partial charge is 0.197 e. The largest absolute Gasteiger partial charge is 0.343 e. The average Bonchev–Trinajstić information content (AvgIpc) is 2.89. The molecule has 3 rings (SSSR count). The van der Waals surface area contributed by atoms with Crippen LogP contribution in [0.4, 0.5) is 0 Å². The second-order valence-corrected chi connectivity index (χ2v) is 7.12. The second-order valence-electron chi connectivity index (χ2n) is 3.92. The Morgan fingerprint density at radius 3 is 2.75 bits per heavy atom. The van der Waals surface area contributed by atoms with Gasteiger partial charge in [0.15, 0.2) is 5.79 Å². The molecule has 2 aliphatic rings. The van der Waals surface area contributed by atoms with Crippen molar-refractivity contribution < 1.29 is 13.7 Å². The first-order valence-corrected chi connectivity index (χ1v) is 7.82. The van der Waals surface area contributed by atoms with Crippen molar-refractivity contribution in [1.29, 1.82) is 0 Å². The summed E-state index contributed by atoms with van der Waals surface area (Å²) in [7, 11) is -1.04. The maximum absolute atomic E-state index is 11.7. The van der Waals surface area contributed by atoms with Crippen LogP contribution in [0.1, 0.15) is 17.5 Å². The molecule has 1 aromatic heterocycles. The van der Waals surface area contributed by atoms with Gasteiger partial charge < -0.3 is 9.47 Å². The van der Waals surface area contributed by atoms with Crippen LogP contribution < -0.4 is 0 Å². The van der Waals surface area contributed by atoms with Gasteiger partial charge in [-0.1, -0.05) is 11.6 Å². The van der Waals surface area contributed by atoms with Gasteiger partial charge in [0.2, 0.25) is 0 Å². The quantitative estimate of drug-likeness (QED) is 0.791. The summed E-state index contributed by atoms with van der Waals surface area (Å²) >= 11 is 7.56. The van der Waals surface area contributed by atoms with Crippen molar-refractivity contribution in [3.8, 4) is 0 Å². The van der Waals surface area contributed by atoms with Gasteiger partial charge in [-0.15, -0.1) is 11.3 Å². The number of ether oxygens (including phenoxy) is 2. The normalized spacial score (nSPS) is 23.9. The lowest BCUT2D eigenvalue weighted by Crippen LogP contribution is -2.24. The molecule has 1 unspecified atom stereocenters. The summed E-state index contributed by atoms with van der Waals surface area (Å²) in [4.78, 5) is 0. The van der Waals surface area contributed by atoms with Gasteiger partial charge in [-0.05, 0) is 12.0 Å². The van der Waals surface area contributed by atoms with E-state index in [1.807, 2.05) is 0 Å². The standard InChI is InChI=1S/C10H11ClO3S2/c1-16(12)9-7-6(8(11)15-9)2-3-10(7)13-4-5-14-10/h2-5H2,1H3. The summed E-state index contributed by atoms with van der Waals surface area (Å²) in [5.41, 5.74) is 2.01. The molecule has 2 heterocycles. The summed E-state index contributed by atoms with van der Waals surface area (Å²) < 4.78 is 24.7.